The second-order valence-corrected chi connectivity index (χ2v) is 5.42. The zero-order valence-electron chi connectivity index (χ0n) is 10.4. The third-order valence-corrected chi connectivity index (χ3v) is 4.02. The van der Waals surface area contributed by atoms with E-state index in [0.717, 1.165) is 13.1 Å². The van der Waals surface area contributed by atoms with Crippen LogP contribution < -0.4 is 5.32 Å². The first kappa shape index (κ1) is 11.9. The first-order chi connectivity index (χ1) is 7.75. The molecule has 1 amide bonds. The van der Waals surface area contributed by atoms with Crippen LogP contribution >= 0.6 is 0 Å². The molecule has 0 spiro atoms. The van der Waals surface area contributed by atoms with E-state index in [9.17, 15) is 4.79 Å². The summed E-state index contributed by atoms with van der Waals surface area (Å²) in [6, 6.07) is 0.434. The Balaban J connectivity index is 1.72. The summed E-state index contributed by atoms with van der Waals surface area (Å²) in [5.41, 5.74) is 0. The molecule has 1 saturated heterocycles. The van der Waals surface area contributed by atoms with E-state index in [1.165, 1.54) is 38.5 Å². The van der Waals surface area contributed by atoms with Crippen molar-refractivity contribution in [2.24, 2.45) is 5.92 Å². The third-order valence-electron chi connectivity index (χ3n) is 4.02. The highest BCUT2D eigenvalue weighted by atomic mass is 16.2. The smallest absolute Gasteiger partial charge is 0.234 e. The lowest BCUT2D eigenvalue weighted by Crippen LogP contribution is -2.45. The highest BCUT2D eigenvalue weighted by molar-refractivity contribution is 5.78. The molecule has 0 bridgehead atoms. The number of carbonyl (C=O) groups is 1. The second kappa shape index (κ2) is 5.67. The molecule has 2 atom stereocenters. The highest BCUT2D eigenvalue weighted by Crippen LogP contribution is 2.23. The first-order valence-electron chi connectivity index (χ1n) is 6.77. The third kappa shape index (κ3) is 3.21. The molecule has 16 heavy (non-hydrogen) atoms. The van der Waals surface area contributed by atoms with Crippen LogP contribution in [0.4, 0.5) is 0 Å². The molecule has 2 fully saturated rings. The van der Waals surface area contributed by atoms with Gasteiger partial charge in [0.05, 0.1) is 6.54 Å². The van der Waals surface area contributed by atoms with Crippen LogP contribution in [0.1, 0.15) is 45.4 Å². The number of amides is 1. The van der Waals surface area contributed by atoms with Gasteiger partial charge in [0, 0.05) is 6.04 Å². The number of rotatable bonds is 3. The molecule has 1 heterocycles. The molecule has 3 heteroatoms. The largest absolute Gasteiger partial charge is 0.352 e. The average molecular weight is 224 g/mol. The van der Waals surface area contributed by atoms with Crippen LogP contribution in [0.25, 0.3) is 0 Å². The maximum absolute atomic E-state index is 11.9. The molecule has 1 N–H and O–H groups in total. The maximum Gasteiger partial charge on any atom is 0.234 e. The minimum atomic E-state index is 0.237. The van der Waals surface area contributed by atoms with Gasteiger partial charge in [-0.3, -0.25) is 9.69 Å². The van der Waals surface area contributed by atoms with Crippen LogP contribution in [0.2, 0.25) is 0 Å². The quantitative estimate of drug-likeness (QED) is 0.792. The normalized spacial score (nSPS) is 31.6. The molecular weight excluding hydrogens is 200 g/mol. The van der Waals surface area contributed by atoms with Crippen LogP contribution in [0.15, 0.2) is 0 Å². The Labute approximate surface area is 98.6 Å². The molecule has 0 radical (unpaired) electrons. The fraction of sp³-hybridized carbons (Fsp3) is 0.923. The van der Waals surface area contributed by atoms with E-state index in [0.29, 0.717) is 18.5 Å². The predicted octanol–water partition coefficient (Wildman–Crippen LogP) is 1.78. The topological polar surface area (TPSA) is 32.3 Å². The molecule has 92 valence electrons. The first-order valence-corrected chi connectivity index (χ1v) is 6.77. The van der Waals surface area contributed by atoms with E-state index < -0.39 is 0 Å². The summed E-state index contributed by atoms with van der Waals surface area (Å²) in [4.78, 5) is 14.1. The summed E-state index contributed by atoms with van der Waals surface area (Å²) in [6.45, 7) is 5.09. The minimum absolute atomic E-state index is 0.237. The van der Waals surface area contributed by atoms with Crippen molar-refractivity contribution >= 4 is 5.91 Å². The molecule has 1 saturated carbocycles. The summed E-state index contributed by atoms with van der Waals surface area (Å²) in [6.07, 6.45) is 7.57. The fourth-order valence-corrected chi connectivity index (χ4v) is 2.93. The standard InChI is InChI=1S/C13H24N2O/c1-11-6-2-3-7-12(11)14-13(16)10-15-8-4-5-9-15/h11-12H,2-10H2,1H3,(H,14,16). The van der Waals surface area contributed by atoms with Crippen LogP contribution in [-0.4, -0.2) is 36.5 Å². The van der Waals surface area contributed by atoms with Gasteiger partial charge in [-0.1, -0.05) is 19.8 Å². The van der Waals surface area contributed by atoms with Crippen molar-refractivity contribution in [2.75, 3.05) is 19.6 Å². The predicted molar refractivity (Wildman–Crippen MR) is 65.2 cm³/mol. The molecule has 2 unspecified atom stereocenters. The number of likely N-dealkylation sites (tertiary alicyclic amines) is 1. The number of nitrogens with zero attached hydrogens (tertiary/aromatic N) is 1. The van der Waals surface area contributed by atoms with Crippen LogP contribution in [0, 0.1) is 5.92 Å². The Morgan fingerprint density at radius 2 is 1.88 bits per heavy atom. The van der Waals surface area contributed by atoms with Gasteiger partial charge in [-0.25, -0.2) is 0 Å². The number of hydrogen-bond acceptors (Lipinski definition) is 2. The zero-order valence-corrected chi connectivity index (χ0v) is 10.4. The molecule has 0 aromatic carbocycles. The zero-order chi connectivity index (χ0) is 11.4. The molecule has 1 aliphatic heterocycles. The van der Waals surface area contributed by atoms with Crippen molar-refractivity contribution in [1.29, 1.82) is 0 Å². The molecule has 1 aliphatic carbocycles. The van der Waals surface area contributed by atoms with Gasteiger partial charge in [0.1, 0.15) is 0 Å². The van der Waals surface area contributed by atoms with Gasteiger partial charge in [0.25, 0.3) is 0 Å². The van der Waals surface area contributed by atoms with Crippen molar-refractivity contribution in [3.63, 3.8) is 0 Å². The lowest BCUT2D eigenvalue weighted by Gasteiger charge is -2.30. The molecule has 0 aromatic rings. The summed E-state index contributed by atoms with van der Waals surface area (Å²) in [5.74, 6) is 0.900. The average Bonchev–Trinajstić information content (AvgIpc) is 2.74. The van der Waals surface area contributed by atoms with Crippen LogP contribution in [0.3, 0.4) is 0 Å². The highest BCUT2D eigenvalue weighted by Gasteiger charge is 2.23. The van der Waals surface area contributed by atoms with Gasteiger partial charge in [-0.15, -0.1) is 0 Å². The maximum atomic E-state index is 11.9. The molecular formula is C13H24N2O. The SMILES string of the molecule is CC1CCCCC1NC(=O)CN1CCCC1. The van der Waals surface area contributed by atoms with Crippen molar-refractivity contribution in [3.05, 3.63) is 0 Å². The summed E-state index contributed by atoms with van der Waals surface area (Å²) in [5, 5.41) is 3.21. The van der Waals surface area contributed by atoms with E-state index in [4.69, 9.17) is 0 Å². The Morgan fingerprint density at radius 1 is 1.19 bits per heavy atom. The van der Waals surface area contributed by atoms with Gasteiger partial charge < -0.3 is 5.32 Å². The van der Waals surface area contributed by atoms with Crippen molar-refractivity contribution in [2.45, 2.75) is 51.5 Å². The Bertz CT molecular complexity index is 236. The van der Waals surface area contributed by atoms with E-state index in [-0.39, 0.29) is 5.91 Å². The summed E-state index contributed by atoms with van der Waals surface area (Å²) in [7, 11) is 0. The van der Waals surface area contributed by atoms with Crippen molar-refractivity contribution in [3.8, 4) is 0 Å². The van der Waals surface area contributed by atoms with E-state index >= 15 is 0 Å². The van der Waals surface area contributed by atoms with Gasteiger partial charge in [0.2, 0.25) is 5.91 Å². The number of hydrogen-bond donors (Lipinski definition) is 1. The molecule has 2 rings (SSSR count). The van der Waals surface area contributed by atoms with Gasteiger partial charge >= 0.3 is 0 Å². The van der Waals surface area contributed by atoms with E-state index in [2.05, 4.69) is 17.1 Å². The Morgan fingerprint density at radius 3 is 2.56 bits per heavy atom. The summed E-state index contributed by atoms with van der Waals surface area (Å²) >= 11 is 0. The lowest BCUT2D eigenvalue weighted by molar-refractivity contribution is -0.123. The van der Waals surface area contributed by atoms with Crippen molar-refractivity contribution < 1.29 is 4.79 Å². The number of carbonyl (C=O) groups excluding carboxylic acids is 1. The Kier molecular flexibility index (Phi) is 4.22. The lowest BCUT2D eigenvalue weighted by atomic mass is 9.86. The second-order valence-electron chi connectivity index (χ2n) is 5.42. The molecule has 2 aliphatic rings. The van der Waals surface area contributed by atoms with Gasteiger partial charge in [-0.05, 0) is 44.7 Å². The van der Waals surface area contributed by atoms with E-state index in [1.54, 1.807) is 0 Å². The minimum Gasteiger partial charge on any atom is -0.352 e. The molecule has 0 aromatic heterocycles. The van der Waals surface area contributed by atoms with Crippen LogP contribution in [-0.2, 0) is 4.79 Å². The van der Waals surface area contributed by atoms with Crippen LogP contribution in [0.5, 0.6) is 0 Å². The monoisotopic (exact) mass is 224 g/mol. The number of nitrogens with one attached hydrogen (secondary N) is 1. The van der Waals surface area contributed by atoms with E-state index in [1.807, 2.05) is 0 Å². The van der Waals surface area contributed by atoms with Gasteiger partial charge in [-0.2, -0.15) is 0 Å². The molecule has 3 nitrogen and oxygen atoms in total. The van der Waals surface area contributed by atoms with Crippen molar-refractivity contribution in [1.82, 2.24) is 10.2 Å². The fourth-order valence-electron chi connectivity index (χ4n) is 2.93. The summed E-state index contributed by atoms with van der Waals surface area (Å²) < 4.78 is 0. The van der Waals surface area contributed by atoms with Gasteiger partial charge in [0.15, 0.2) is 0 Å². The Hall–Kier alpha value is -0.570.